The highest BCUT2D eigenvalue weighted by Gasteiger charge is 2.11. The number of para-hydroxylation sites is 1. The maximum Gasteiger partial charge on any atom is 0.344 e. The Hall–Kier alpha value is -3.60. The smallest absolute Gasteiger partial charge is 0.344 e. The molecule has 3 rings (SSSR count). The summed E-state index contributed by atoms with van der Waals surface area (Å²) in [6.07, 6.45) is 1.63. The van der Waals surface area contributed by atoms with E-state index in [9.17, 15) is 9.59 Å². The van der Waals surface area contributed by atoms with E-state index < -0.39 is 11.9 Å². The van der Waals surface area contributed by atoms with E-state index in [1.807, 2.05) is 78.9 Å². The molecule has 5 nitrogen and oxygen atoms in total. The predicted octanol–water partition coefficient (Wildman–Crippen LogP) is 4.40. The summed E-state index contributed by atoms with van der Waals surface area (Å²) in [6, 6.07) is 25.1. The Labute approximate surface area is 176 Å². The lowest BCUT2D eigenvalue weighted by molar-refractivity contribution is -0.149. The molecule has 0 heterocycles. The van der Waals surface area contributed by atoms with Crippen LogP contribution in [0.5, 0.6) is 5.75 Å². The minimum absolute atomic E-state index is 0.247. The molecule has 0 aliphatic rings. The van der Waals surface area contributed by atoms with Crippen molar-refractivity contribution in [3.8, 4) is 5.75 Å². The number of anilines is 1. The van der Waals surface area contributed by atoms with E-state index in [0.717, 1.165) is 17.5 Å². The van der Waals surface area contributed by atoms with E-state index in [2.05, 4.69) is 12.2 Å². The number of amides is 1. The van der Waals surface area contributed by atoms with Gasteiger partial charge in [0.1, 0.15) is 5.75 Å². The highest BCUT2D eigenvalue weighted by molar-refractivity contribution is 5.93. The van der Waals surface area contributed by atoms with Gasteiger partial charge >= 0.3 is 5.97 Å². The van der Waals surface area contributed by atoms with Crippen LogP contribution < -0.4 is 10.1 Å². The Morgan fingerprint density at radius 1 is 0.800 bits per heavy atom. The average molecular weight is 403 g/mol. The maximum atomic E-state index is 12.2. The number of hydrogen-bond donors (Lipinski definition) is 1. The number of ether oxygens (including phenoxy) is 2. The number of benzene rings is 3. The number of rotatable bonds is 9. The summed E-state index contributed by atoms with van der Waals surface area (Å²) in [5.41, 5.74) is 4.03. The molecule has 1 N–H and O–H groups in total. The summed E-state index contributed by atoms with van der Waals surface area (Å²) in [5.74, 6) is -0.401. The van der Waals surface area contributed by atoms with Gasteiger partial charge in [-0.3, -0.25) is 4.79 Å². The Balaban J connectivity index is 1.46. The second-order valence-electron chi connectivity index (χ2n) is 6.81. The van der Waals surface area contributed by atoms with Gasteiger partial charge in [0.15, 0.2) is 13.2 Å². The monoisotopic (exact) mass is 403 g/mol. The molecule has 3 aromatic carbocycles. The van der Waals surface area contributed by atoms with Gasteiger partial charge < -0.3 is 14.8 Å². The fraction of sp³-hybridized carbons (Fsp3) is 0.200. The molecule has 0 aliphatic carbocycles. The maximum absolute atomic E-state index is 12.2. The highest BCUT2D eigenvalue weighted by Crippen LogP contribution is 2.19. The summed E-state index contributed by atoms with van der Waals surface area (Å²) >= 11 is 0. The van der Waals surface area contributed by atoms with Crippen LogP contribution in [0.1, 0.15) is 23.6 Å². The number of aryl methyl sites for hydroxylation is 1. The first-order valence-electron chi connectivity index (χ1n) is 9.93. The molecule has 0 spiro atoms. The van der Waals surface area contributed by atoms with Crippen LogP contribution in [-0.4, -0.2) is 25.1 Å². The van der Waals surface area contributed by atoms with Gasteiger partial charge in [-0.15, -0.1) is 0 Å². The zero-order chi connectivity index (χ0) is 21.2. The minimum Gasteiger partial charge on any atom is -0.482 e. The van der Waals surface area contributed by atoms with Crippen molar-refractivity contribution < 1.29 is 19.1 Å². The van der Waals surface area contributed by atoms with E-state index in [4.69, 9.17) is 9.47 Å². The van der Waals surface area contributed by atoms with Crippen LogP contribution in [0.15, 0.2) is 78.9 Å². The second kappa shape index (κ2) is 10.8. The first-order valence-corrected chi connectivity index (χ1v) is 9.93. The number of carbonyl (C=O) groups is 2. The number of nitrogens with one attached hydrogen (secondary N) is 1. The van der Waals surface area contributed by atoms with Gasteiger partial charge in [-0.05, 0) is 47.7 Å². The molecule has 0 bridgehead atoms. The fourth-order valence-corrected chi connectivity index (χ4v) is 2.95. The SMILES string of the molecule is CCc1ccc(OCC(=O)OCC(=O)Nc2ccccc2Cc2ccccc2)cc1. The third-order valence-corrected chi connectivity index (χ3v) is 4.58. The first kappa shape index (κ1) is 21.1. The lowest BCUT2D eigenvalue weighted by Crippen LogP contribution is -2.24. The van der Waals surface area contributed by atoms with Gasteiger partial charge in [0.2, 0.25) is 0 Å². The Kier molecular flexibility index (Phi) is 7.61. The van der Waals surface area contributed by atoms with Crippen molar-refractivity contribution in [3.63, 3.8) is 0 Å². The summed E-state index contributed by atoms with van der Waals surface area (Å²) < 4.78 is 10.4. The predicted molar refractivity (Wildman–Crippen MR) is 117 cm³/mol. The second-order valence-corrected chi connectivity index (χ2v) is 6.81. The molecule has 0 aliphatic heterocycles. The van der Waals surface area contributed by atoms with Crippen LogP contribution in [0.2, 0.25) is 0 Å². The third kappa shape index (κ3) is 6.48. The molecule has 0 unspecified atom stereocenters. The highest BCUT2D eigenvalue weighted by atomic mass is 16.6. The molecule has 0 radical (unpaired) electrons. The number of hydrogen-bond acceptors (Lipinski definition) is 4. The zero-order valence-corrected chi connectivity index (χ0v) is 17.0. The molecule has 3 aromatic rings. The molecule has 5 heteroatoms. The van der Waals surface area contributed by atoms with Crippen molar-refractivity contribution >= 4 is 17.6 Å². The van der Waals surface area contributed by atoms with Crippen LogP contribution >= 0.6 is 0 Å². The van der Waals surface area contributed by atoms with Gasteiger partial charge in [0.25, 0.3) is 5.91 Å². The molecule has 0 aromatic heterocycles. The molecule has 0 saturated carbocycles. The molecule has 0 saturated heterocycles. The van der Waals surface area contributed by atoms with E-state index in [1.54, 1.807) is 0 Å². The van der Waals surface area contributed by atoms with Crippen molar-refractivity contribution in [3.05, 3.63) is 95.6 Å². The lowest BCUT2D eigenvalue weighted by Gasteiger charge is -2.12. The number of esters is 1. The van der Waals surface area contributed by atoms with Gasteiger partial charge in [-0.2, -0.15) is 0 Å². The topological polar surface area (TPSA) is 64.6 Å². The number of carbonyl (C=O) groups excluding carboxylic acids is 2. The van der Waals surface area contributed by atoms with E-state index >= 15 is 0 Å². The molecular weight excluding hydrogens is 378 g/mol. The Morgan fingerprint density at radius 3 is 2.23 bits per heavy atom. The van der Waals surface area contributed by atoms with Crippen molar-refractivity contribution in [2.45, 2.75) is 19.8 Å². The van der Waals surface area contributed by atoms with Crippen molar-refractivity contribution in [2.24, 2.45) is 0 Å². The Morgan fingerprint density at radius 2 is 1.50 bits per heavy atom. The van der Waals surface area contributed by atoms with Gasteiger partial charge in [-0.25, -0.2) is 4.79 Å². The largest absolute Gasteiger partial charge is 0.482 e. The normalized spacial score (nSPS) is 10.3. The summed E-state index contributed by atoms with van der Waals surface area (Å²) in [6.45, 7) is 1.46. The zero-order valence-electron chi connectivity index (χ0n) is 17.0. The van der Waals surface area contributed by atoms with Gasteiger partial charge in [0, 0.05) is 5.69 Å². The van der Waals surface area contributed by atoms with E-state index in [0.29, 0.717) is 17.9 Å². The molecule has 154 valence electrons. The van der Waals surface area contributed by atoms with Crippen LogP contribution in [0, 0.1) is 0 Å². The molecule has 30 heavy (non-hydrogen) atoms. The van der Waals surface area contributed by atoms with Gasteiger partial charge in [0.05, 0.1) is 0 Å². The van der Waals surface area contributed by atoms with E-state index in [-0.39, 0.29) is 13.2 Å². The Bertz CT molecular complexity index is 968. The van der Waals surface area contributed by atoms with Crippen molar-refractivity contribution in [1.29, 1.82) is 0 Å². The van der Waals surface area contributed by atoms with Crippen LogP contribution in [0.25, 0.3) is 0 Å². The van der Waals surface area contributed by atoms with Crippen molar-refractivity contribution in [1.82, 2.24) is 0 Å². The van der Waals surface area contributed by atoms with E-state index in [1.165, 1.54) is 5.56 Å². The summed E-state index contributed by atoms with van der Waals surface area (Å²) in [4.78, 5) is 24.1. The third-order valence-electron chi connectivity index (χ3n) is 4.58. The minimum atomic E-state index is -0.595. The summed E-state index contributed by atoms with van der Waals surface area (Å²) in [7, 11) is 0. The molecular formula is C25H25NO4. The molecule has 0 fully saturated rings. The van der Waals surface area contributed by atoms with Crippen LogP contribution in [-0.2, 0) is 27.2 Å². The lowest BCUT2D eigenvalue weighted by atomic mass is 10.0. The standard InChI is InChI=1S/C25H25NO4/c1-2-19-12-14-22(15-13-19)29-18-25(28)30-17-24(27)26-23-11-7-6-10-21(23)16-20-8-4-3-5-9-20/h3-15H,2,16-18H2,1H3,(H,26,27). The molecule has 1 amide bonds. The van der Waals surface area contributed by atoms with Gasteiger partial charge in [-0.1, -0.05) is 67.6 Å². The first-order chi connectivity index (χ1) is 14.6. The average Bonchev–Trinajstić information content (AvgIpc) is 2.78. The van der Waals surface area contributed by atoms with Crippen LogP contribution in [0.4, 0.5) is 5.69 Å². The quantitative estimate of drug-likeness (QED) is 0.538. The summed E-state index contributed by atoms with van der Waals surface area (Å²) in [5, 5.41) is 2.82. The fourth-order valence-electron chi connectivity index (χ4n) is 2.95. The van der Waals surface area contributed by atoms with Crippen LogP contribution in [0.3, 0.4) is 0 Å². The van der Waals surface area contributed by atoms with Crippen molar-refractivity contribution in [2.75, 3.05) is 18.5 Å². The molecule has 0 atom stereocenters.